The lowest BCUT2D eigenvalue weighted by molar-refractivity contribution is -0.115. The second-order valence-electron chi connectivity index (χ2n) is 9.00. The van der Waals surface area contributed by atoms with Crippen molar-refractivity contribution in [1.29, 1.82) is 0 Å². The summed E-state index contributed by atoms with van der Waals surface area (Å²) in [4.78, 5) is 35.7. The third-order valence-corrected chi connectivity index (χ3v) is 9.57. The number of nitrogens with zero attached hydrogens (tertiary/aromatic N) is 2. The summed E-state index contributed by atoms with van der Waals surface area (Å²) >= 11 is 7.68. The van der Waals surface area contributed by atoms with E-state index >= 15 is 0 Å². The fourth-order valence-corrected chi connectivity index (χ4v) is 7.94. The van der Waals surface area contributed by atoms with E-state index in [9.17, 15) is 18.0 Å². The number of hydrogen-bond donors (Lipinski definition) is 0. The van der Waals surface area contributed by atoms with Gasteiger partial charge in [0.15, 0.2) is 26.6 Å². The van der Waals surface area contributed by atoms with Crippen LogP contribution in [0.5, 0.6) is 11.8 Å². The highest BCUT2D eigenvalue weighted by molar-refractivity contribution is 8.03. The molecule has 0 fully saturated rings. The van der Waals surface area contributed by atoms with Gasteiger partial charge in [-0.15, -0.1) is 0 Å². The predicted molar refractivity (Wildman–Crippen MR) is 132 cm³/mol. The zero-order valence-electron chi connectivity index (χ0n) is 19.8. The van der Waals surface area contributed by atoms with Crippen molar-refractivity contribution in [2.45, 2.75) is 55.0 Å². The number of aromatic nitrogens is 2. The summed E-state index contributed by atoms with van der Waals surface area (Å²) in [6, 6.07) is 4.68. The molecule has 2 heterocycles. The quantitative estimate of drug-likeness (QED) is 0.297. The number of allylic oxidation sites excluding steroid dienone is 2. The molecule has 1 aromatic heterocycles. The van der Waals surface area contributed by atoms with Gasteiger partial charge in [0.2, 0.25) is 11.8 Å². The third-order valence-electron chi connectivity index (χ3n) is 6.26. The Hall–Kier alpha value is -2.43. The van der Waals surface area contributed by atoms with Gasteiger partial charge in [-0.05, 0) is 36.3 Å². The molecule has 0 saturated carbocycles. The van der Waals surface area contributed by atoms with Gasteiger partial charge < -0.3 is 9.47 Å². The average Bonchev–Trinajstić information content (AvgIpc) is 2.81. The number of hydrogen-bond acceptors (Lipinski definition) is 9. The number of ether oxygens (including phenoxy) is 2. The van der Waals surface area contributed by atoms with Crippen molar-refractivity contribution in [2.75, 3.05) is 20.0 Å². The number of benzene rings is 1. The average molecular weight is 537 g/mol. The predicted octanol–water partition coefficient (Wildman–Crippen LogP) is 4.58. The summed E-state index contributed by atoms with van der Waals surface area (Å²) in [5.74, 6) is -0.419. The third kappa shape index (κ3) is 4.83. The maximum absolute atomic E-state index is 13.7. The van der Waals surface area contributed by atoms with Crippen molar-refractivity contribution < 1.29 is 27.5 Å². The highest BCUT2D eigenvalue weighted by atomic mass is 35.5. The number of halogens is 1. The Kier molecular flexibility index (Phi) is 7.00. The number of methoxy groups -OCH3 is 2. The first kappa shape index (κ1) is 25.7. The molecule has 186 valence electrons. The smallest absolute Gasteiger partial charge is 0.220 e. The van der Waals surface area contributed by atoms with Gasteiger partial charge in [-0.3, -0.25) is 9.59 Å². The SMILES string of the molecule is COc1cc(OC)nc(SC2=C(C(=O)c3ccc4c(c3Cl)S(=O)(=O)CCC4(C)C)C(=O)CCC2)n1. The molecule has 0 bridgehead atoms. The zero-order valence-corrected chi connectivity index (χ0v) is 22.2. The van der Waals surface area contributed by atoms with Crippen LogP contribution in [0, 0.1) is 0 Å². The van der Waals surface area contributed by atoms with E-state index in [2.05, 4.69) is 9.97 Å². The van der Waals surface area contributed by atoms with E-state index in [1.165, 1.54) is 26.4 Å². The molecule has 35 heavy (non-hydrogen) atoms. The maximum atomic E-state index is 13.7. The molecule has 0 spiro atoms. The number of rotatable bonds is 6. The largest absolute Gasteiger partial charge is 0.481 e. The molecule has 1 aromatic carbocycles. The number of ketones is 2. The van der Waals surface area contributed by atoms with Crippen LogP contribution in [-0.2, 0) is 20.0 Å². The van der Waals surface area contributed by atoms with Gasteiger partial charge in [-0.2, -0.15) is 9.97 Å². The molecule has 4 rings (SSSR count). The van der Waals surface area contributed by atoms with Crippen LogP contribution in [0.25, 0.3) is 0 Å². The highest BCUT2D eigenvalue weighted by Gasteiger charge is 2.39. The van der Waals surface area contributed by atoms with Gasteiger partial charge in [-0.25, -0.2) is 8.42 Å². The normalized spacial score (nSPS) is 18.7. The Morgan fingerprint density at radius 1 is 1.11 bits per heavy atom. The van der Waals surface area contributed by atoms with Crippen LogP contribution >= 0.6 is 23.4 Å². The number of sulfone groups is 1. The summed E-state index contributed by atoms with van der Waals surface area (Å²) in [7, 11) is -0.739. The lowest BCUT2D eigenvalue weighted by atomic mass is 9.81. The van der Waals surface area contributed by atoms with E-state index in [4.69, 9.17) is 21.1 Å². The van der Waals surface area contributed by atoms with E-state index in [0.29, 0.717) is 29.7 Å². The van der Waals surface area contributed by atoms with E-state index in [-0.39, 0.29) is 55.9 Å². The maximum Gasteiger partial charge on any atom is 0.220 e. The Morgan fingerprint density at radius 3 is 2.40 bits per heavy atom. The fourth-order valence-electron chi connectivity index (χ4n) is 4.25. The number of thioether (sulfide) groups is 1. The first-order chi connectivity index (χ1) is 16.5. The van der Waals surface area contributed by atoms with Crippen molar-refractivity contribution in [1.82, 2.24) is 9.97 Å². The summed E-state index contributed by atoms with van der Waals surface area (Å²) in [6.07, 6.45) is 1.70. The molecular weight excluding hydrogens is 512 g/mol. The van der Waals surface area contributed by atoms with E-state index in [1.807, 2.05) is 13.8 Å². The second-order valence-corrected chi connectivity index (χ2v) is 12.5. The molecule has 11 heteroatoms. The molecule has 1 aliphatic heterocycles. The van der Waals surface area contributed by atoms with Crippen LogP contribution in [0.3, 0.4) is 0 Å². The van der Waals surface area contributed by atoms with Crippen LogP contribution in [0.1, 0.15) is 55.5 Å². The molecule has 0 atom stereocenters. The Labute approximate surface area is 213 Å². The lowest BCUT2D eigenvalue weighted by Crippen LogP contribution is -2.31. The summed E-state index contributed by atoms with van der Waals surface area (Å²) in [5, 5.41) is 0.131. The molecule has 2 aliphatic rings. The minimum atomic E-state index is -3.66. The Balaban J connectivity index is 1.82. The van der Waals surface area contributed by atoms with Gasteiger partial charge in [0, 0.05) is 16.9 Å². The van der Waals surface area contributed by atoms with Crippen LogP contribution in [0.2, 0.25) is 5.02 Å². The summed E-state index contributed by atoms with van der Waals surface area (Å²) < 4.78 is 36.2. The Morgan fingerprint density at radius 2 is 1.77 bits per heavy atom. The number of fused-ring (bicyclic) bond motifs is 1. The van der Waals surface area contributed by atoms with Gasteiger partial charge in [0.05, 0.1) is 41.5 Å². The van der Waals surface area contributed by atoms with Crippen LogP contribution in [0.15, 0.2) is 38.7 Å². The van der Waals surface area contributed by atoms with Crippen LogP contribution in [-0.4, -0.2) is 49.9 Å². The molecule has 2 aromatic rings. The highest BCUT2D eigenvalue weighted by Crippen LogP contribution is 2.44. The Bertz CT molecular complexity index is 1350. The van der Waals surface area contributed by atoms with E-state index < -0.39 is 21.0 Å². The number of carbonyl (C=O) groups excluding carboxylic acids is 2. The molecule has 0 unspecified atom stereocenters. The van der Waals surface area contributed by atoms with Gasteiger partial charge >= 0.3 is 0 Å². The van der Waals surface area contributed by atoms with Crippen molar-refractivity contribution in [3.63, 3.8) is 0 Å². The van der Waals surface area contributed by atoms with Crippen molar-refractivity contribution in [3.05, 3.63) is 44.8 Å². The summed E-state index contributed by atoms with van der Waals surface area (Å²) in [6.45, 7) is 3.89. The van der Waals surface area contributed by atoms with E-state index in [1.54, 1.807) is 6.07 Å². The lowest BCUT2D eigenvalue weighted by Gasteiger charge is -2.33. The van der Waals surface area contributed by atoms with Crippen molar-refractivity contribution >= 4 is 44.8 Å². The molecule has 0 N–H and O–H groups in total. The van der Waals surface area contributed by atoms with Crippen LogP contribution < -0.4 is 9.47 Å². The zero-order chi connectivity index (χ0) is 25.5. The summed E-state index contributed by atoms with van der Waals surface area (Å²) in [5.41, 5.74) is 0.163. The second kappa shape index (κ2) is 9.55. The monoisotopic (exact) mass is 536 g/mol. The molecular formula is C24H25ClN2O6S2. The van der Waals surface area contributed by atoms with Crippen molar-refractivity contribution in [2.24, 2.45) is 0 Å². The standard InChI is InChI=1S/C24H25ClN2O6S2/c1-24(2)10-11-35(30,31)22-14(24)9-8-13(20(22)25)21(29)19-15(28)6-5-7-16(19)34-23-26-17(32-3)12-18(27-23)33-4/h8-9,12H,5-7,10-11H2,1-4H3. The molecule has 8 nitrogen and oxygen atoms in total. The van der Waals surface area contributed by atoms with Gasteiger partial charge in [0.1, 0.15) is 0 Å². The van der Waals surface area contributed by atoms with Crippen LogP contribution in [0.4, 0.5) is 0 Å². The minimum absolute atomic E-state index is 0.000757. The van der Waals surface area contributed by atoms with Gasteiger partial charge in [-0.1, -0.05) is 43.3 Å². The topological polar surface area (TPSA) is 113 Å². The number of Topliss-reactive ketones (excluding diaryl/α,β-unsaturated/α-hetero) is 2. The van der Waals surface area contributed by atoms with E-state index in [0.717, 1.165) is 11.8 Å². The first-order valence-corrected chi connectivity index (χ1v) is 13.8. The molecule has 0 radical (unpaired) electrons. The fraction of sp³-hybridized carbons (Fsp3) is 0.417. The molecule has 0 amide bonds. The molecule has 1 aliphatic carbocycles. The van der Waals surface area contributed by atoms with Crippen molar-refractivity contribution in [3.8, 4) is 11.8 Å². The number of carbonyl (C=O) groups is 2. The molecule has 0 saturated heterocycles. The van der Waals surface area contributed by atoms with Gasteiger partial charge in [0.25, 0.3) is 0 Å². The first-order valence-electron chi connectivity index (χ1n) is 11.0. The minimum Gasteiger partial charge on any atom is -0.481 e.